The summed E-state index contributed by atoms with van der Waals surface area (Å²) >= 11 is 0. The van der Waals surface area contributed by atoms with Crippen molar-refractivity contribution >= 4 is 16.9 Å². The van der Waals surface area contributed by atoms with Gasteiger partial charge >= 0.3 is 6.18 Å². The van der Waals surface area contributed by atoms with Gasteiger partial charge in [0.15, 0.2) is 0 Å². The predicted octanol–water partition coefficient (Wildman–Crippen LogP) is 4.53. The highest BCUT2D eigenvalue weighted by Crippen LogP contribution is 2.30. The molecule has 28 heavy (non-hydrogen) atoms. The fraction of sp³-hybridized carbons (Fsp3) is 0.333. The summed E-state index contributed by atoms with van der Waals surface area (Å²) in [6, 6.07) is 12.8. The van der Waals surface area contributed by atoms with Crippen LogP contribution in [0, 0.1) is 0 Å². The van der Waals surface area contributed by atoms with Crippen LogP contribution in [-0.2, 0) is 17.4 Å². The average molecular weight is 387 g/mol. The van der Waals surface area contributed by atoms with E-state index >= 15 is 0 Å². The molecule has 0 aliphatic carbocycles. The van der Waals surface area contributed by atoms with Gasteiger partial charge < -0.3 is 9.88 Å². The molecule has 1 aliphatic rings. The highest BCUT2D eigenvalue weighted by atomic mass is 19.4. The van der Waals surface area contributed by atoms with Crippen LogP contribution < -0.4 is 0 Å². The van der Waals surface area contributed by atoms with Crippen LogP contribution in [0.15, 0.2) is 48.5 Å². The van der Waals surface area contributed by atoms with E-state index in [9.17, 15) is 18.0 Å². The van der Waals surface area contributed by atoms with Gasteiger partial charge in [-0.1, -0.05) is 30.3 Å². The van der Waals surface area contributed by atoms with E-state index in [1.807, 2.05) is 24.3 Å². The van der Waals surface area contributed by atoms with Gasteiger partial charge in [-0.05, 0) is 36.6 Å². The lowest BCUT2D eigenvalue weighted by Crippen LogP contribution is -2.40. The molecule has 1 atom stereocenters. The molecule has 2 heterocycles. The van der Waals surface area contributed by atoms with Crippen molar-refractivity contribution < 1.29 is 18.0 Å². The lowest BCUT2D eigenvalue weighted by molar-refractivity contribution is -0.138. The smallest absolute Gasteiger partial charge is 0.342 e. The third-order valence-electron chi connectivity index (χ3n) is 5.18. The van der Waals surface area contributed by atoms with Crippen molar-refractivity contribution in [2.75, 3.05) is 13.1 Å². The summed E-state index contributed by atoms with van der Waals surface area (Å²) in [7, 11) is 0. The van der Waals surface area contributed by atoms with E-state index in [4.69, 9.17) is 0 Å². The molecular formula is C21H20F3N3O. The molecule has 3 aromatic rings. The minimum Gasteiger partial charge on any atom is -0.342 e. The summed E-state index contributed by atoms with van der Waals surface area (Å²) in [6.45, 7) is 1.14. The minimum absolute atomic E-state index is 0.0310. The van der Waals surface area contributed by atoms with E-state index in [2.05, 4.69) is 9.97 Å². The first kappa shape index (κ1) is 18.5. The number of amides is 1. The van der Waals surface area contributed by atoms with Crippen molar-refractivity contribution in [1.29, 1.82) is 0 Å². The summed E-state index contributed by atoms with van der Waals surface area (Å²) < 4.78 is 38.6. The van der Waals surface area contributed by atoms with Gasteiger partial charge in [-0.3, -0.25) is 4.79 Å². The average Bonchev–Trinajstić information content (AvgIpc) is 3.12. The first-order chi connectivity index (χ1) is 13.4. The molecule has 1 aliphatic heterocycles. The second kappa shape index (κ2) is 7.30. The number of carbonyl (C=O) groups is 1. The van der Waals surface area contributed by atoms with Crippen LogP contribution in [-0.4, -0.2) is 33.9 Å². The first-order valence-corrected chi connectivity index (χ1v) is 9.29. The third kappa shape index (κ3) is 3.88. The van der Waals surface area contributed by atoms with Gasteiger partial charge in [0, 0.05) is 19.0 Å². The van der Waals surface area contributed by atoms with Crippen LogP contribution in [0.3, 0.4) is 0 Å². The maximum Gasteiger partial charge on any atom is 0.416 e. The maximum absolute atomic E-state index is 12.9. The normalized spacial score (nSPS) is 17.8. The lowest BCUT2D eigenvalue weighted by Gasteiger charge is -2.32. The van der Waals surface area contributed by atoms with E-state index in [1.165, 1.54) is 6.07 Å². The number of benzene rings is 2. The van der Waals surface area contributed by atoms with Crippen LogP contribution in [0.5, 0.6) is 0 Å². The number of halogens is 3. The Bertz CT molecular complexity index is 963. The summed E-state index contributed by atoms with van der Waals surface area (Å²) in [5.41, 5.74) is 1.51. The molecule has 1 N–H and O–H groups in total. The molecule has 146 valence electrons. The summed E-state index contributed by atoms with van der Waals surface area (Å²) in [6.07, 6.45) is -2.67. The number of H-pyrrole nitrogens is 1. The number of fused-ring (bicyclic) bond motifs is 1. The van der Waals surface area contributed by atoms with Gasteiger partial charge in [0.1, 0.15) is 5.82 Å². The molecule has 7 heteroatoms. The SMILES string of the molecule is O=C(Cc1cccc(C(F)(F)F)c1)N1CCCC(c2nc3ccccc3[nH]2)C1. The second-order valence-electron chi connectivity index (χ2n) is 7.19. The van der Waals surface area contributed by atoms with Crippen LogP contribution in [0.4, 0.5) is 13.2 Å². The highest BCUT2D eigenvalue weighted by molar-refractivity contribution is 5.79. The first-order valence-electron chi connectivity index (χ1n) is 9.29. The standard InChI is InChI=1S/C21H20F3N3O/c22-21(23,24)16-7-3-5-14(11-16)12-19(28)27-10-4-6-15(13-27)20-25-17-8-1-2-9-18(17)26-20/h1-3,5,7-9,11,15H,4,6,10,12-13H2,(H,25,26). The summed E-state index contributed by atoms with van der Waals surface area (Å²) in [4.78, 5) is 22.4. The van der Waals surface area contributed by atoms with Crippen LogP contribution in [0.1, 0.15) is 35.7 Å². The van der Waals surface area contributed by atoms with Crippen molar-refractivity contribution in [1.82, 2.24) is 14.9 Å². The number of alkyl halides is 3. The molecule has 2 aromatic carbocycles. The number of rotatable bonds is 3. The van der Waals surface area contributed by atoms with E-state index in [0.29, 0.717) is 18.7 Å². The summed E-state index contributed by atoms with van der Waals surface area (Å²) in [5.74, 6) is 0.810. The molecule has 1 unspecified atom stereocenters. The van der Waals surface area contributed by atoms with Crippen molar-refractivity contribution in [3.05, 3.63) is 65.5 Å². The van der Waals surface area contributed by atoms with Crippen molar-refractivity contribution in [3.63, 3.8) is 0 Å². The predicted molar refractivity (Wildman–Crippen MR) is 99.8 cm³/mol. The molecule has 1 amide bonds. The number of likely N-dealkylation sites (tertiary alicyclic amines) is 1. The Labute approximate surface area is 160 Å². The molecule has 0 radical (unpaired) electrons. The number of nitrogens with zero attached hydrogens (tertiary/aromatic N) is 2. The quantitative estimate of drug-likeness (QED) is 0.718. The molecule has 4 rings (SSSR count). The molecule has 0 bridgehead atoms. The Morgan fingerprint density at radius 3 is 2.79 bits per heavy atom. The van der Waals surface area contributed by atoms with Gasteiger partial charge in [-0.25, -0.2) is 4.98 Å². The lowest BCUT2D eigenvalue weighted by atomic mass is 9.96. The minimum atomic E-state index is -4.41. The van der Waals surface area contributed by atoms with Crippen molar-refractivity contribution in [3.8, 4) is 0 Å². The number of carbonyl (C=O) groups excluding carboxylic acids is 1. The molecule has 1 fully saturated rings. The number of hydrogen-bond donors (Lipinski definition) is 1. The van der Waals surface area contributed by atoms with Gasteiger partial charge in [-0.15, -0.1) is 0 Å². The van der Waals surface area contributed by atoms with Crippen LogP contribution >= 0.6 is 0 Å². The molecular weight excluding hydrogens is 367 g/mol. The van der Waals surface area contributed by atoms with Crippen molar-refractivity contribution in [2.45, 2.75) is 31.4 Å². The fourth-order valence-corrected chi connectivity index (χ4v) is 3.74. The molecule has 1 aromatic heterocycles. The van der Waals surface area contributed by atoms with E-state index in [-0.39, 0.29) is 18.2 Å². The largest absolute Gasteiger partial charge is 0.416 e. The summed E-state index contributed by atoms with van der Waals surface area (Å²) in [5, 5.41) is 0. The van der Waals surface area contributed by atoms with Gasteiger partial charge in [0.05, 0.1) is 23.0 Å². The topological polar surface area (TPSA) is 49.0 Å². The highest BCUT2D eigenvalue weighted by Gasteiger charge is 2.31. The molecule has 4 nitrogen and oxygen atoms in total. The Hall–Kier alpha value is -2.83. The zero-order chi connectivity index (χ0) is 19.7. The van der Waals surface area contributed by atoms with Gasteiger partial charge in [0.25, 0.3) is 0 Å². The zero-order valence-corrected chi connectivity index (χ0v) is 15.2. The van der Waals surface area contributed by atoms with Crippen LogP contribution in [0.2, 0.25) is 0 Å². The number of para-hydroxylation sites is 2. The Kier molecular flexibility index (Phi) is 4.83. The van der Waals surface area contributed by atoms with Crippen LogP contribution in [0.25, 0.3) is 11.0 Å². The number of imidazole rings is 1. The van der Waals surface area contributed by atoms with Crippen molar-refractivity contribution in [2.24, 2.45) is 0 Å². The fourth-order valence-electron chi connectivity index (χ4n) is 3.74. The molecule has 0 spiro atoms. The van der Waals surface area contributed by atoms with E-state index in [1.54, 1.807) is 11.0 Å². The Balaban J connectivity index is 1.46. The number of aromatic amines is 1. The number of aromatic nitrogens is 2. The second-order valence-corrected chi connectivity index (χ2v) is 7.19. The Morgan fingerprint density at radius 1 is 1.18 bits per heavy atom. The van der Waals surface area contributed by atoms with Gasteiger partial charge in [0.2, 0.25) is 5.91 Å². The number of hydrogen-bond acceptors (Lipinski definition) is 2. The molecule has 0 saturated carbocycles. The maximum atomic E-state index is 12.9. The third-order valence-corrected chi connectivity index (χ3v) is 5.18. The Morgan fingerprint density at radius 2 is 2.00 bits per heavy atom. The van der Waals surface area contributed by atoms with Gasteiger partial charge in [-0.2, -0.15) is 13.2 Å². The van der Waals surface area contributed by atoms with E-state index < -0.39 is 11.7 Å². The monoisotopic (exact) mass is 387 g/mol. The number of nitrogens with one attached hydrogen (secondary N) is 1. The number of piperidine rings is 1. The van der Waals surface area contributed by atoms with E-state index in [0.717, 1.165) is 41.8 Å². The molecule has 1 saturated heterocycles. The zero-order valence-electron chi connectivity index (χ0n) is 15.2.